The number of likely N-dealkylation sites (N-methyl/N-ethyl adjacent to an activating group) is 1. The Hall–Kier alpha value is -1.16. The zero-order valence-electron chi connectivity index (χ0n) is 7.59. The van der Waals surface area contributed by atoms with Gasteiger partial charge in [-0.05, 0) is 19.0 Å². The molecule has 0 spiro atoms. The average Bonchev–Trinajstić information content (AvgIpc) is 2.58. The monoisotopic (exact) mass is 180 g/mol. The zero-order valence-corrected chi connectivity index (χ0v) is 7.59. The smallest absolute Gasteiger partial charge is 0.254 e. The van der Waals surface area contributed by atoms with Gasteiger partial charge >= 0.3 is 0 Å². The van der Waals surface area contributed by atoms with E-state index in [0.29, 0.717) is 5.57 Å². The van der Waals surface area contributed by atoms with E-state index in [1.807, 2.05) is 7.05 Å². The fraction of sp³-hybridized carbons (Fsp3) is 0.556. The Morgan fingerprint density at radius 1 is 1.38 bits per heavy atom. The fourth-order valence-electron chi connectivity index (χ4n) is 1.83. The average molecular weight is 180 g/mol. The summed E-state index contributed by atoms with van der Waals surface area (Å²) < 4.78 is 0. The predicted octanol–water partition coefficient (Wildman–Crippen LogP) is -0.335. The number of carbonyl (C=O) groups is 2. The first kappa shape index (κ1) is 8.44. The van der Waals surface area contributed by atoms with Crippen molar-refractivity contribution in [2.45, 2.75) is 12.8 Å². The molecule has 2 fully saturated rings. The lowest BCUT2D eigenvalue weighted by atomic mass is 10.1. The Morgan fingerprint density at radius 3 is 2.62 bits per heavy atom. The molecule has 0 bridgehead atoms. The molecule has 0 aromatic carbocycles. The van der Waals surface area contributed by atoms with Gasteiger partial charge in [0.2, 0.25) is 5.91 Å². The number of carbonyl (C=O) groups excluding carboxylic acids is 2. The standard InChI is InChI=1S/C9H12N2O2/c1-11-3-2-6(5-11)7-4-8(12)10-9(7)13/h2-5H2,1H3,(H,10,12,13)/b7-6+. The summed E-state index contributed by atoms with van der Waals surface area (Å²) in [5.41, 5.74) is 1.83. The van der Waals surface area contributed by atoms with Crippen molar-refractivity contribution in [3.8, 4) is 0 Å². The number of hydrogen-bond donors (Lipinski definition) is 1. The van der Waals surface area contributed by atoms with E-state index in [0.717, 1.165) is 25.1 Å². The largest absolute Gasteiger partial charge is 0.302 e. The third-order valence-electron chi connectivity index (χ3n) is 2.55. The molecule has 0 atom stereocenters. The molecule has 0 saturated carbocycles. The van der Waals surface area contributed by atoms with Gasteiger partial charge in [0.15, 0.2) is 0 Å². The minimum atomic E-state index is -0.185. The Kier molecular flexibility index (Phi) is 1.92. The summed E-state index contributed by atoms with van der Waals surface area (Å²) in [6.07, 6.45) is 1.20. The number of amides is 2. The first-order chi connectivity index (χ1) is 6.16. The van der Waals surface area contributed by atoms with Crippen LogP contribution in [0.1, 0.15) is 12.8 Å². The van der Waals surface area contributed by atoms with Crippen molar-refractivity contribution < 1.29 is 9.59 Å². The van der Waals surface area contributed by atoms with E-state index >= 15 is 0 Å². The van der Waals surface area contributed by atoms with E-state index in [-0.39, 0.29) is 18.2 Å². The molecule has 0 radical (unpaired) electrons. The van der Waals surface area contributed by atoms with Crippen LogP contribution >= 0.6 is 0 Å². The molecule has 0 unspecified atom stereocenters. The molecule has 70 valence electrons. The van der Waals surface area contributed by atoms with Crippen molar-refractivity contribution >= 4 is 11.8 Å². The third-order valence-corrected chi connectivity index (χ3v) is 2.55. The maximum atomic E-state index is 11.3. The van der Waals surface area contributed by atoms with Gasteiger partial charge in [0, 0.05) is 18.7 Å². The molecular formula is C9H12N2O2. The number of imide groups is 1. The van der Waals surface area contributed by atoms with Gasteiger partial charge in [-0.1, -0.05) is 0 Å². The Balaban J connectivity index is 2.24. The van der Waals surface area contributed by atoms with Gasteiger partial charge in [-0.2, -0.15) is 0 Å². The van der Waals surface area contributed by atoms with Crippen LogP contribution in [0.4, 0.5) is 0 Å². The van der Waals surface area contributed by atoms with Crippen molar-refractivity contribution in [2.24, 2.45) is 0 Å². The van der Waals surface area contributed by atoms with E-state index in [2.05, 4.69) is 10.2 Å². The molecule has 2 amide bonds. The first-order valence-corrected chi connectivity index (χ1v) is 4.40. The summed E-state index contributed by atoms with van der Waals surface area (Å²) in [6.45, 7) is 1.82. The molecule has 1 N–H and O–H groups in total. The molecular weight excluding hydrogens is 168 g/mol. The highest BCUT2D eigenvalue weighted by Crippen LogP contribution is 2.22. The SMILES string of the molecule is CN1CC/C(=C2/CC(=O)NC2=O)C1. The van der Waals surface area contributed by atoms with Crippen LogP contribution in [0.25, 0.3) is 0 Å². The van der Waals surface area contributed by atoms with Crippen molar-refractivity contribution in [1.82, 2.24) is 10.2 Å². The van der Waals surface area contributed by atoms with Gasteiger partial charge < -0.3 is 4.90 Å². The van der Waals surface area contributed by atoms with E-state index in [9.17, 15) is 9.59 Å². The molecule has 2 heterocycles. The summed E-state index contributed by atoms with van der Waals surface area (Å²) >= 11 is 0. The van der Waals surface area contributed by atoms with E-state index in [1.54, 1.807) is 0 Å². The van der Waals surface area contributed by atoms with Crippen LogP contribution in [0.15, 0.2) is 11.1 Å². The second-order valence-electron chi connectivity index (χ2n) is 3.62. The van der Waals surface area contributed by atoms with E-state index in [1.165, 1.54) is 0 Å². The van der Waals surface area contributed by atoms with Crippen LogP contribution in [0.3, 0.4) is 0 Å². The highest BCUT2D eigenvalue weighted by atomic mass is 16.2. The Labute approximate surface area is 76.6 Å². The van der Waals surface area contributed by atoms with Crippen molar-refractivity contribution in [1.29, 1.82) is 0 Å². The molecule has 4 nitrogen and oxygen atoms in total. The molecule has 13 heavy (non-hydrogen) atoms. The summed E-state index contributed by atoms with van der Waals surface area (Å²) in [7, 11) is 2.02. The van der Waals surface area contributed by atoms with Crippen LogP contribution in [-0.4, -0.2) is 36.9 Å². The quantitative estimate of drug-likeness (QED) is 0.410. The van der Waals surface area contributed by atoms with Gasteiger partial charge in [-0.25, -0.2) is 0 Å². The third kappa shape index (κ3) is 1.49. The molecule has 4 heteroatoms. The molecule has 0 aliphatic carbocycles. The van der Waals surface area contributed by atoms with Crippen LogP contribution < -0.4 is 5.32 Å². The number of rotatable bonds is 0. The van der Waals surface area contributed by atoms with Crippen LogP contribution in [0, 0.1) is 0 Å². The normalized spacial score (nSPS) is 29.9. The highest BCUT2D eigenvalue weighted by molar-refractivity contribution is 6.13. The Bertz CT molecular complexity index is 307. The fourth-order valence-corrected chi connectivity index (χ4v) is 1.83. The highest BCUT2D eigenvalue weighted by Gasteiger charge is 2.29. The summed E-state index contributed by atoms with van der Waals surface area (Å²) in [6, 6.07) is 0. The summed E-state index contributed by atoms with van der Waals surface area (Å²) in [5.74, 6) is -0.350. The van der Waals surface area contributed by atoms with Gasteiger partial charge in [-0.15, -0.1) is 0 Å². The molecule has 2 saturated heterocycles. The summed E-state index contributed by atoms with van der Waals surface area (Å²) in [5, 5.41) is 2.30. The van der Waals surface area contributed by atoms with Crippen LogP contribution in [0.2, 0.25) is 0 Å². The lowest BCUT2D eigenvalue weighted by molar-refractivity contribution is -0.124. The van der Waals surface area contributed by atoms with Gasteiger partial charge in [-0.3, -0.25) is 14.9 Å². The first-order valence-electron chi connectivity index (χ1n) is 4.40. The van der Waals surface area contributed by atoms with Crippen molar-refractivity contribution in [3.05, 3.63) is 11.1 Å². The molecule has 2 aliphatic heterocycles. The number of hydrogen-bond acceptors (Lipinski definition) is 3. The number of likely N-dealkylation sites (tertiary alicyclic amines) is 1. The number of nitrogens with one attached hydrogen (secondary N) is 1. The maximum absolute atomic E-state index is 11.3. The molecule has 0 aromatic rings. The van der Waals surface area contributed by atoms with Crippen molar-refractivity contribution in [3.63, 3.8) is 0 Å². The van der Waals surface area contributed by atoms with Crippen LogP contribution in [0.5, 0.6) is 0 Å². The van der Waals surface area contributed by atoms with Gasteiger partial charge in [0.1, 0.15) is 0 Å². The maximum Gasteiger partial charge on any atom is 0.254 e. The minimum Gasteiger partial charge on any atom is -0.302 e. The lowest BCUT2D eigenvalue weighted by Gasteiger charge is -2.03. The lowest BCUT2D eigenvalue weighted by Crippen LogP contribution is -2.20. The van der Waals surface area contributed by atoms with Crippen molar-refractivity contribution in [2.75, 3.05) is 20.1 Å². The second-order valence-corrected chi connectivity index (χ2v) is 3.62. The molecule has 0 aromatic heterocycles. The van der Waals surface area contributed by atoms with E-state index in [4.69, 9.17) is 0 Å². The van der Waals surface area contributed by atoms with Gasteiger partial charge in [0.05, 0.1) is 6.42 Å². The van der Waals surface area contributed by atoms with Gasteiger partial charge in [0.25, 0.3) is 5.91 Å². The molecule has 2 rings (SSSR count). The van der Waals surface area contributed by atoms with E-state index < -0.39 is 0 Å². The summed E-state index contributed by atoms with van der Waals surface area (Å²) in [4.78, 5) is 24.3. The Morgan fingerprint density at radius 2 is 2.15 bits per heavy atom. The zero-order chi connectivity index (χ0) is 9.42. The van der Waals surface area contributed by atoms with Crippen LogP contribution in [-0.2, 0) is 9.59 Å². The molecule has 2 aliphatic rings. The second kappa shape index (κ2) is 2.96. The predicted molar refractivity (Wildman–Crippen MR) is 46.9 cm³/mol. The topological polar surface area (TPSA) is 49.4 Å². The number of nitrogens with zero attached hydrogens (tertiary/aromatic N) is 1. The minimum absolute atomic E-state index is 0.165.